The van der Waals surface area contributed by atoms with Gasteiger partial charge in [0.2, 0.25) is 0 Å². The van der Waals surface area contributed by atoms with Crippen LogP contribution >= 0.6 is 21.6 Å². The number of hydrogen-bond donors (Lipinski definition) is 0. The fraction of sp³-hybridized carbons (Fsp3) is 0. The van der Waals surface area contributed by atoms with E-state index in [9.17, 15) is 30.4 Å². The summed E-state index contributed by atoms with van der Waals surface area (Å²) in [6.45, 7) is 0. The first-order chi connectivity index (χ1) is 10.4. The summed E-state index contributed by atoms with van der Waals surface area (Å²) >= 11 is 0. The van der Waals surface area contributed by atoms with Crippen molar-refractivity contribution in [1.29, 1.82) is 0 Å². The molecule has 24 heavy (non-hydrogen) atoms. The van der Waals surface area contributed by atoms with E-state index in [2.05, 4.69) is 0 Å². The van der Waals surface area contributed by atoms with E-state index in [0.717, 1.165) is 58.0 Å². The van der Waals surface area contributed by atoms with Gasteiger partial charge in [0.1, 0.15) is 0 Å². The van der Waals surface area contributed by atoms with Crippen molar-refractivity contribution in [1.82, 2.24) is 0 Å². The molecule has 8 nitrogen and oxygen atoms in total. The number of hydrogen-bond acceptors (Lipinski definition) is 8. The molecule has 0 spiro atoms. The molecule has 0 bridgehead atoms. The van der Waals surface area contributed by atoms with Crippen LogP contribution in [-0.4, -0.2) is 9.85 Å². The molecule has 0 atom stereocenters. The van der Waals surface area contributed by atoms with Gasteiger partial charge in [-0.2, -0.15) is 0 Å². The molecule has 2 rings (SSSR count). The minimum Gasteiger partial charge on any atom is -0.872 e. The average molecular weight is 384 g/mol. The van der Waals surface area contributed by atoms with Crippen LogP contribution in [0.3, 0.4) is 0 Å². The first-order valence-corrected chi connectivity index (χ1v) is 7.79. The molecule has 0 amide bonds. The van der Waals surface area contributed by atoms with E-state index >= 15 is 0 Å². The molecule has 0 fully saturated rings. The Morgan fingerprint density at radius 3 is 1.33 bits per heavy atom. The first-order valence-electron chi connectivity index (χ1n) is 5.64. The van der Waals surface area contributed by atoms with Gasteiger partial charge >= 0.3 is 59.1 Å². The molecule has 2 aromatic rings. The van der Waals surface area contributed by atoms with Crippen molar-refractivity contribution in [2.24, 2.45) is 0 Å². The summed E-state index contributed by atoms with van der Waals surface area (Å²) in [6.07, 6.45) is 0. The summed E-state index contributed by atoms with van der Waals surface area (Å²) < 4.78 is 0. The molecule has 0 aliphatic carbocycles. The smallest absolute Gasteiger partial charge is 0.872 e. The van der Waals surface area contributed by atoms with Crippen molar-refractivity contribution in [3.8, 4) is 11.5 Å². The van der Waals surface area contributed by atoms with Gasteiger partial charge in [0.25, 0.3) is 11.4 Å². The van der Waals surface area contributed by atoms with Crippen LogP contribution in [0.25, 0.3) is 0 Å². The zero-order valence-corrected chi connectivity index (χ0v) is 18.3. The molecule has 114 valence electrons. The van der Waals surface area contributed by atoms with Gasteiger partial charge in [-0.15, -0.1) is 0 Å². The predicted molar refractivity (Wildman–Crippen MR) is 76.8 cm³/mol. The SMILES string of the molecule is O=[N+]([O-])c1ccc([O-])c(SSc2cc([N+](=O)[O-])ccc2[O-])c1.[Na+].[Na+]. The molecule has 0 N–H and O–H groups in total. The summed E-state index contributed by atoms with van der Waals surface area (Å²) in [5.41, 5.74) is -0.492. The van der Waals surface area contributed by atoms with Crippen molar-refractivity contribution < 1.29 is 79.2 Å². The molecule has 0 aromatic heterocycles. The van der Waals surface area contributed by atoms with Crippen LogP contribution in [-0.2, 0) is 0 Å². The molecule has 0 radical (unpaired) electrons. The van der Waals surface area contributed by atoms with E-state index < -0.39 is 21.3 Å². The van der Waals surface area contributed by atoms with Crippen molar-refractivity contribution in [3.63, 3.8) is 0 Å². The van der Waals surface area contributed by atoms with Crippen molar-refractivity contribution in [2.75, 3.05) is 0 Å². The van der Waals surface area contributed by atoms with E-state index in [1.807, 2.05) is 0 Å². The molecule has 0 aliphatic rings. The maximum atomic E-state index is 11.6. The zero-order valence-electron chi connectivity index (χ0n) is 12.6. The summed E-state index contributed by atoms with van der Waals surface area (Å²) in [5, 5.41) is 44.6. The third-order valence-corrected chi connectivity index (χ3v) is 4.91. The number of nitro benzene ring substituents is 2. The minimum absolute atomic E-state index is 0. The van der Waals surface area contributed by atoms with Gasteiger partial charge in [0.15, 0.2) is 0 Å². The maximum absolute atomic E-state index is 11.6. The topological polar surface area (TPSA) is 132 Å². The standard InChI is InChI=1S/C12H8N2O6S2.2Na/c15-9-3-1-7(13(17)18)5-11(9)21-22-12-6-8(14(19)20)2-4-10(12)16;;/h1-6,15-16H;;/q;2*+1/p-2. The van der Waals surface area contributed by atoms with Crippen LogP contribution in [0, 0.1) is 20.2 Å². The van der Waals surface area contributed by atoms with Gasteiger partial charge in [-0.3, -0.25) is 20.2 Å². The second-order valence-corrected chi connectivity index (χ2v) is 6.16. The Kier molecular flexibility index (Phi) is 10.3. The maximum Gasteiger partial charge on any atom is 1.00 e. The number of rotatable bonds is 5. The third-order valence-electron chi connectivity index (χ3n) is 2.50. The summed E-state index contributed by atoms with van der Waals surface area (Å²) in [5.74, 6) is -0.859. The Morgan fingerprint density at radius 2 is 1.04 bits per heavy atom. The van der Waals surface area contributed by atoms with Crippen molar-refractivity contribution >= 4 is 33.0 Å². The molecule has 2 aromatic carbocycles. The predicted octanol–water partition coefficient (Wildman–Crippen LogP) is -3.54. The third kappa shape index (κ3) is 6.12. The Labute approximate surface area is 188 Å². The van der Waals surface area contributed by atoms with Crippen LogP contribution in [0.5, 0.6) is 11.5 Å². The average Bonchev–Trinajstić information content (AvgIpc) is 2.47. The van der Waals surface area contributed by atoms with Gasteiger partial charge in [-0.1, -0.05) is 45.2 Å². The van der Waals surface area contributed by atoms with Gasteiger partial charge in [-0.05, 0) is 0 Å². The fourth-order valence-electron chi connectivity index (χ4n) is 1.44. The molecule has 0 saturated heterocycles. The quantitative estimate of drug-likeness (QED) is 0.224. The largest absolute Gasteiger partial charge is 1.00 e. The first kappa shape index (κ1) is 23.5. The van der Waals surface area contributed by atoms with Gasteiger partial charge in [0, 0.05) is 34.1 Å². The second-order valence-electron chi connectivity index (χ2n) is 3.94. The van der Waals surface area contributed by atoms with Crippen molar-refractivity contribution in [3.05, 3.63) is 56.6 Å². The van der Waals surface area contributed by atoms with Crippen molar-refractivity contribution in [2.45, 2.75) is 9.79 Å². The Morgan fingerprint density at radius 1 is 0.708 bits per heavy atom. The fourth-order valence-corrected chi connectivity index (χ4v) is 3.58. The molecular weight excluding hydrogens is 378 g/mol. The van der Waals surface area contributed by atoms with Crippen LogP contribution in [0.1, 0.15) is 0 Å². The molecule has 12 heteroatoms. The summed E-state index contributed by atoms with van der Waals surface area (Å²) in [7, 11) is 1.69. The van der Waals surface area contributed by atoms with E-state index in [1.54, 1.807) is 0 Å². The second kappa shape index (κ2) is 10.5. The van der Waals surface area contributed by atoms with Gasteiger partial charge in [0.05, 0.1) is 9.85 Å². The van der Waals surface area contributed by atoms with Gasteiger partial charge in [-0.25, -0.2) is 0 Å². The van der Waals surface area contributed by atoms with Crippen LogP contribution in [0.4, 0.5) is 11.4 Å². The van der Waals surface area contributed by atoms with E-state index in [4.69, 9.17) is 0 Å². The van der Waals surface area contributed by atoms with Crippen LogP contribution in [0.2, 0.25) is 0 Å². The van der Waals surface area contributed by atoms with E-state index in [-0.39, 0.29) is 80.3 Å². The zero-order chi connectivity index (χ0) is 16.3. The van der Waals surface area contributed by atoms with Gasteiger partial charge < -0.3 is 10.2 Å². The van der Waals surface area contributed by atoms with E-state index in [1.165, 1.54) is 0 Å². The number of nitrogens with zero attached hydrogens (tertiary/aromatic N) is 2. The monoisotopic (exact) mass is 384 g/mol. The molecule has 0 aliphatic heterocycles. The Balaban J connectivity index is 0.00000264. The molecule has 0 unspecified atom stereocenters. The number of non-ortho nitro benzene ring substituents is 2. The minimum atomic E-state index is -0.638. The van der Waals surface area contributed by atoms with E-state index in [0.29, 0.717) is 0 Å². The molecule has 0 saturated carbocycles. The number of nitro groups is 2. The van der Waals surface area contributed by atoms with Crippen LogP contribution < -0.4 is 69.3 Å². The Hall–Kier alpha value is -0.460. The molecular formula is C12H6N2Na2O6S2. The summed E-state index contributed by atoms with van der Waals surface area (Å²) in [4.78, 5) is 20.2. The molecule has 0 heterocycles. The summed E-state index contributed by atoms with van der Waals surface area (Å²) in [6, 6.07) is 6.50. The normalized spacial score (nSPS) is 9.50. The van der Waals surface area contributed by atoms with Crippen LogP contribution in [0.15, 0.2) is 46.2 Å². The number of benzene rings is 2. The Bertz CT molecular complexity index is 699.